The molecule has 0 saturated heterocycles. The van der Waals surface area contributed by atoms with Gasteiger partial charge >= 0.3 is 6.18 Å². The molecule has 40 heavy (non-hydrogen) atoms. The molecule has 2 heterocycles. The number of nitrogens with two attached hydrogens (primary N) is 1. The maximum absolute atomic E-state index is 13.8. The van der Waals surface area contributed by atoms with Crippen LogP contribution in [-0.4, -0.2) is 35.1 Å². The van der Waals surface area contributed by atoms with Crippen LogP contribution >= 0.6 is 11.6 Å². The van der Waals surface area contributed by atoms with Gasteiger partial charge in [-0.3, -0.25) is 0 Å². The van der Waals surface area contributed by atoms with Gasteiger partial charge in [-0.15, -0.1) is 0 Å². The summed E-state index contributed by atoms with van der Waals surface area (Å²) in [5.74, 6) is -0.903. The number of pyridine rings is 1. The topological polar surface area (TPSA) is 147 Å². The van der Waals surface area contributed by atoms with Gasteiger partial charge in [0.15, 0.2) is 5.82 Å². The van der Waals surface area contributed by atoms with Crippen LogP contribution in [-0.2, 0) is 16.6 Å². The number of primary sulfonamides is 1. The Morgan fingerprint density at radius 3 is 2.48 bits per heavy atom. The smallest absolute Gasteiger partial charge is 0.354 e. The molecule has 1 fully saturated rings. The van der Waals surface area contributed by atoms with Crippen LogP contribution in [0.1, 0.15) is 24.0 Å². The lowest BCUT2D eigenvalue weighted by Gasteiger charge is -2.22. The standard InChI is InChI=1S/C25H18ClF4N7O2S/c26-15-7-13(8-17(10-15)40(32,38)39)12-33-23-35-20-4-3-19(18-2-1-16(27)9-14(18)11-31)34-21(20)22(36-23)37-24(5-6-24)25(28,29)30/h1-4,7-10H,5-6,12H2,(H2,32,38,39)(H2,33,35,36,37). The number of hydrogen-bond donors (Lipinski definition) is 3. The molecule has 1 saturated carbocycles. The third-order valence-corrected chi connectivity index (χ3v) is 7.39. The molecule has 1 aliphatic carbocycles. The Hall–Kier alpha value is -4.06. The molecule has 1 aliphatic rings. The van der Waals surface area contributed by atoms with E-state index in [9.17, 15) is 31.2 Å². The molecule has 4 aromatic rings. The Kier molecular flexibility index (Phi) is 6.77. The lowest BCUT2D eigenvalue weighted by Crippen LogP contribution is -2.39. The molecule has 0 bridgehead atoms. The molecule has 0 unspecified atom stereocenters. The molecule has 2 aromatic carbocycles. The molecule has 5 rings (SSSR count). The first kappa shape index (κ1) is 27.5. The zero-order valence-corrected chi connectivity index (χ0v) is 21.8. The van der Waals surface area contributed by atoms with E-state index in [-0.39, 0.29) is 68.9 Å². The first-order valence-corrected chi connectivity index (χ1v) is 13.5. The molecule has 15 heteroatoms. The number of hydrogen-bond acceptors (Lipinski definition) is 8. The number of rotatable bonds is 7. The van der Waals surface area contributed by atoms with Crippen molar-refractivity contribution in [2.45, 2.75) is 36.0 Å². The van der Waals surface area contributed by atoms with E-state index in [1.165, 1.54) is 36.4 Å². The zero-order valence-electron chi connectivity index (χ0n) is 20.2. The predicted molar refractivity (Wildman–Crippen MR) is 139 cm³/mol. The van der Waals surface area contributed by atoms with Crippen molar-refractivity contribution in [2.75, 3.05) is 10.6 Å². The number of halogens is 5. The van der Waals surface area contributed by atoms with Gasteiger partial charge in [0, 0.05) is 17.1 Å². The zero-order chi connectivity index (χ0) is 28.9. The fourth-order valence-corrected chi connectivity index (χ4v) is 4.99. The van der Waals surface area contributed by atoms with Crippen LogP contribution in [0.3, 0.4) is 0 Å². The lowest BCUT2D eigenvalue weighted by atomic mass is 10.0. The van der Waals surface area contributed by atoms with Crippen LogP contribution in [0.25, 0.3) is 22.3 Å². The van der Waals surface area contributed by atoms with Crippen LogP contribution in [0.15, 0.2) is 53.4 Å². The normalized spacial score (nSPS) is 14.5. The van der Waals surface area contributed by atoms with E-state index in [1.54, 1.807) is 0 Å². The second kappa shape index (κ2) is 9.84. The molecule has 0 spiro atoms. The average molecular weight is 592 g/mol. The van der Waals surface area contributed by atoms with Crippen LogP contribution in [0.2, 0.25) is 5.02 Å². The van der Waals surface area contributed by atoms with E-state index in [2.05, 4.69) is 25.6 Å². The predicted octanol–water partition coefficient (Wildman–Crippen LogP) is 5.12. The van der Waals surface area contributed by atoms with Crippen molar-refractivity contribution in [1.82, 2.24) is 15.0 Å². The highest BCUT2D eigenvalue weighted by Gasteiger charge is 2.64. The second-order valence-electron chi connectivity index (χ2n) is 9.16. The van der Waals surface area contributed by atoms with Gasteiger partial charge in [-0.05, 0) is 66.9 Å². The van der Waals surface area contributed by atoms with Gasteiger partial charge in [-0.25, -0.2) is 27.9 Å². The monoisotopic (exact) mass is 591 g/mol. The van der Waals surface area contributed by atoms with Crippen molar-refractivity contribution in [3.05, 3.63) is 70.5 Å². The van der Waals surface area contributed by atoms with E-state index in [4.69, 9.17) is 16.7 Å². The number of anilines is 2. The SMILES string of the molecule is N#Cc1cc(F)ccc1-c1ccc2nc(NCc3cc(Cl)cc(S(N)(=O)=O)c3)nc(NC3(C(F)(F)F)CC3)c2n1. The van der Waals surface area contributed by atoms with Crippen molar-refractivity contribution < 1.29 is 26.0 Å². The summed E-state index contributed by atoms with van der Waals surface area (Å²) in [5.41, 5.74) is -1.11. The van der Waals surface area contributed by atoms with Crippen molar-refractivity contribution in [3.63, 3.8) is 0 Å². The highest BCUT2D eigenvalue weighted by Crippen LogP contribution is 2.51. The quantitative estimate of drug-likeness (QED) is 0.251. The van der Waals surface area contributed by atoms with Gasteiger partial charge < -0.3 is 10.6 Å². The van der Waals surface area contributed by atoms with E-state index in [1.807, 2.05) is 6.07 Å². The van der Waals surface area contributed by atoms with Crippen molar-refractivity contribution in [1.29, 1.82) is 5.26 Å². The molecule has 2 aromatic heterocycles. The summed E-state index contributed by atoms with van der Waals surface area (Å²) in [6, 6.07) is 12.4. The van der Waals surface area contributed by atoms with E-state index in [0.29, 0.717) is 5.56 Å². The van der Waals surface area contributed by atoms with Gasteiger partial charge in [0.25, 0.3) is 0 Å². The first-order valence-electron chi connectivity index (χ1n) is 11.6. The Labute approximate surface area is 230 Å². The molecule has 9 nitrogen and oxygen atoms in total. The molecule has 0 amide bonds. The van der Waals surface area contributed by atoms with Crippen molar-refractivity contribution >= 4 is 44.4 Å². The fourth-order valence-electron chi connectivity index (χ4n) is 4.06. The number of alkyl halides is 3. The molecule has 0 radical (unpaired) electrons. The van der Waals surface area contributed by atoms with Crippen LogP contribution in [0, 0.1) is 17.1 Å². The second-order valence-corrected chi connectivity index (χ2v) is 11.2. The first-order chi connectivity index (χ1) is 18.8. The molecule has 0 atom stereocenters. The number of nitrogens with one attached hydrogen (secondary N) is 2. The highest BCUT2D eigenvalue weighted by molar-refractivity contribution is 7.89. The van der Waals surface area contributed by atoms with Gasteiger partial charge in [-0.1, -0.05) is 11.6 Å². The minimum atomic E-state index is -4.56. The van der Waals surface area contributed by atoms with Crippen molar-refractivity contribution in [2.24, 2.45) is 5.14 Å². The van der Waals surface area contributed by atoms with Crippen molar-refractivity contribution in [3.8, 4) is 17.3 Å². The summed E-state index contributed by atoms with van der Waals surface area (Å²) in [7, 11) is -4.04. The molecule has 4 N–H and O–H groups in total. The largest absolute Gasteiger partial charge is 0.411 e. The Morgan fingerprint density at radius 1 is 1.07 bits per heavy atom. The summed E-state index contributed by atoms with van der Waals surface area (Å²) in [5, 5.41) is 20.1. The Morgan fingerprint density at radius 2 is 1.82 bits per heavy atom. The van der Waals surface area contributed by atoms with Gasteiger partial charge in [0.1, 0.15) is 16.9 Å². The summed E-state index contributed by atoms with van der Waals surface area (Å²) < 4.78 is 78.6. The summed E-state index contributed by atoms with van der Waals surface area (Å²) in [6.07, 6.45) is -4.90. The minimum Gasteiger partial charge on any atom is -0.354 e. The number of aromatic nitrogens is 3. The van der Waals surface area contributed by atoms with E-state index >= 15 is 0 Å². The van der Waals surface area contributed by atoms with Gasteiger partial charge in [0.05, 0.1) is 27.7 Å². The maximum Gasteiger partial charge on any atom is 0.411 e. The lowest BCUT2D eigenvalue weighted by molar-refractivity contribution is -0.151. The van der Waals surface area contributed by atoms with E-state index < -0.39 is 27.6 Å². The number of sulfonamides is 1. The molecule has 0 aliphatic heterocycles. The Bertz CT molecular complexity index is 1810. The van der Waals surface area contributed by atoms with Gasteiger partial charge in [-0.2, -0.15) is 23.4 Å². The third kappa shape index (κ3) is 5.48. The summed E-state index contributed by atoms with van der Waals surface area (Å²) in [4.78, 5) is 12.8. The fraction of sp³-hybridized carbons (Fsp3) is 0.200. The summed E-state index contributed by atoms with van der Waals surface area (Å²) in [6.45, 7) is -0.0366. The third-order valence-electron chi connectivity index (χ3n) is 6.28. The Balaban J connectivity index is 1.56. The molecular formula is C25H18ClF4N7O2S. The summed E-state index contributed by atoms with van der Waals surface area (Å²) >= 11 is 6.01. The highest BCUT2D eigenvalue weighted by atomic mass is 35.5. The molecular weight excluding hydrogens is 574 g/mol. The number of nitrogens with zero attached hydrogens (tertiary/aromatic N) is 4. The van der Waals surface area contributed by atoms with Crippen LogP contribution in [0.4, 0.5) is 29.3 Å². The minimum absolute atomic E-state index is 0.00472. The van der Waals surface area contributed by atoms with Crippen LogP contribution in [0.5, 0.6) is 0 Å². The molecule has 206 valence electrons. The number of fused-ring (bicyclic) bond motifs is 1. The van der Waals surface area contributed by atoms with Gasteiger partial charge in [0.2, 0.25) is 16.0 Å². The number of benzene rings is 2. The average Bonchev–Trinajstić information content (AvgIpc) is 3.67. The van der Waals surface area contributed by atoms with E-state index in [0.717, 1.165) is 12.1 Å². The number of nitriles is 1. The maximum atomic E-state index is 13.8. The van der Waals surface area contributed by atoms with Crippen LogP contribution < -0.4 is 15.8 Å².